The van der Waals surface area contributed by atoms with E-state index in [2.05, 4.69) is 9.47 Å². The molecule has 1 heterocycles. The molecule has 0 aromatic rings. The lowest BCUT2D eigenvalue weighted by atomic mass is 9.71. The van der Waals surface area contributed by atoms with Gasteiger partial charge in [-0.25, -0.2) is 0 Å². The maximum Gasteiger partial charge on any atom is 0.449 e. The van der Waals surface area contributed by atoms with E-state index in [-0.39, 0.29) is 6.42 Å². The van der Waals surface area contributed by atoms with Crippen LogP contribution >= 0.6 is 0 Å². The molecule has 4 nitrogen and oxygen atoms in total. The van der Waals surface area contributed by atoms with Crippen molar-refractivity contribution in [2.45, 2.75) is 81.7 Å². The summed E-state index contributed by atoms with van der Waals surface area (Å²) in [5.74, 6) is -21.6. The average Bonchev–Trinajstić information content (AvgIpc) is 2.54. The van der Waals surface area contributed by atoms with Crippen molar-refractivity contribution in [2.75, 3.05) is 0 Å². The highest BCUT2D eigenvalue weighted by Crippen LogP contribution is 2.66. The molecule has 172 valence electrons. The van der Waals surface area contributed by atoms with Gasteiger partial charge in [0.05, 0.1) is 5.92 Å². The zero-order valence-corrected chi connectivity index (χ0v) is 15.4. The van der Waals surface area contributed by atoms with Crippen molar-refractivity contribution in [3.05, 3.63) is 0 Å². The summed E-state index contributed by atoms with van der Waals surface area (Å²) in [6.45, 7) is 2.02. The Hall–Kier alpha value is -1.31. The molecular formula is C15H18F10O4. The van der Waals surface area contributed by atoms with Crippen LogP contribution < -0.4 is 0 Å². The molecule has 4 unspecified atom stereocenters. The maximum absolute atomic E-state index is 14.9. The first-order chi connectivity index (χ1) is 12.6. The zero-order chi connectivity index (χ0) is 23.5. The lowest BCUT2D eigenvalue weighted by molar-refractivity contribution is -0.556. The Kier molecular flexibility index (Phi) is 6.08. The van der Waals surface area contributed by atoms with Crippen LogP contribution in [0.3, 0.4) is 0 Å². The monoisotopic (exact) mass is 452 g/mol. The summed E-state index contributed by atoms with van der Waals surface area (Å²) in [5, 5.41) is 9.52. The van der Waals surface area contributed by atoms with E-state index in [1.165, 1.54) is 6.92 Å². The van der Waals surface area contributed by atoms with E-state index in [1.807, 2.05) is 0 Å². The molecule has 1 aliphatic heterocycles. The van der Waals surface area contributed by atoms with Crippen LogP contribution in [-0.4, -0.2) is 52.3 Å². The van der Waals surface area contributed by atoms with E-state index in [0.29, 0.717) is 6.92 Å². The summed E-state index contributed by atoms with van der Waals surface area (Å²) < 4.78 is 147. The van der Waals surface area contributed by atoms with Crippen molar-refractivity contribution in [2.24, 2.45) is 5.92 Å². The van der Waals surface area contributed by atoms with Crippen molar-refractivity contribution >= 4 is 5.97 Å². The van der Waals surface area contributed by atoms with Gasteiger partial charge in [0, 0.05) is 0 Å². The van der Waals surface area contributed by atoms with Gasteiger partial charge in [0.2, 0.25) is 11.2 Å². The smallest absolute Gasteiger partial charge is 0.446 e. The van der Waals surface area contributed by atoms with Gasteiger partial charge >= 0.3 is 36.0 Å². The van der Waals surface area contributed by atoms with E-state index >= 15 is 0 Å². The third-order valence-electron chi connectivity index (χ3n) is 5.11. The molecule has 1 rings (SSSR count). The van der Waals surface area contributed by atoms with Gasteiger partial charge in [-0.1, -0.05) is 20.8 Å². The Balaban J connectivity index is 3.97. The molecule has 1 saturated heterocycles. The molecule has 0 aromatic carbocycles. The lowest BCUT2D eigenvalue weighted by Crippen LogP contribution is -2.87. The minimum atomic E-state index is -6.68. The van der Waals surface area contributed by atoms with Gasteiger partial charge in [-0.2, -0.15) is 43.9 Å². The number of esters is 1. The molecule has 14 heteroatoms. The summed E-state index contributed by atoms with van der Waals surface area (Å²) in [6.07, 6.45) is -15.3. The van der Waals surface area contributed by atoms with Crippen LogP contribution in [0.15, 0.2) is 0 Å². The van der Waals surface area contributed by atoms with Gasteiger partial charge in [-0.3, -0.25) is 4.79 Å². The number of carbonyl (C=O) groups excluding carboxylic acids is 1. The first kappa shape index (κ1) is 25.7. The minimum Gasteiger partial charge on any atom is -0.446 e. The second-order valence-corrected chi connectivity index (χ2v) is 6.83. The highest BCUT2D eigenvalue weighted by atomic mass is 19.4. The number of rotatable bonds is 4. The molecule has 29 heavy (non-hydrogen) atoms. The van der Waals surface area contributed by atoms with Crippen LogP contribution in [0.5, 0.6) is 0 Å². The summed E-state index contributed by atoms with van der Waals surface area (Å²) in [4.78, 5) is 11.9. The molecule has 1 fully saturated rings. The lowest BCUT2D eigenvalue weighted by Gasteiger charge is -2.59. The summed E-state index contributed by atoms with van der Waals surface area (Å²) >= 11 is 0. The number of aliphatic hydroxyl groups is 1. The Bertz CT molecular complexity index is 646. The van der Waals surface area contributed by atoms with E-state index in [4.69, 9.17) is 0 Å². The van der Waals surface area contributed by atoms with Crippen LogP contribution in [0.4, 0.5) is 43.9 Å². The number of hydrogen-bond acceptors (Lipinski definition) is 4. The van der Waals surface area contributed by atoms with Gasteiger partial charge < -0.3 is 14.6 Å². The largest absolute Gasteiger partial charge is 0.449 e. The van der Waals surface area contributed by atoms with Gasteiger partial charge in [-0.15, -0.1) is 0 Å². The molecule has 0 amide bonds. The number of halogens is 10. The van der Waals surface area contributed by atoms with Crippen molar-refractivity contribution in [3.63, 3.8) is 0 Å². The molecule has 0 saturated carbocycles. The summed E-state index contributed by atoms with van der Waals surface area (Å²) in [7, 11) is 0. The predicted molar refractivity (Wildman–Crippen MR) is 75.0 cm³/mol. The third kappa shape index (κ3) is 3.08. The van der Waals surface area contributed by atoms with E-state index < -0.39 is 66.4 Å². The fraction of sp³-hybridized carbons (Fsp3) is 0.933. The van der Waals surface area contributed by atoms with Crippen molar-refractivity contribution in [1.82, 2.24) is 0 Å². The molecule has 0 radical (unpaired) electrons. The highest BCUT2D eigenvalue weighted by Gasteiger charge is 2.95. The molecule has 0 aliphatic carbocycles. The van der Waals surface area contributed by atoms with E-state index in [0.717, 1.165) is 6.92 Å². The standard InChI is InChI=1S/C15H18F10O4/c1-5-7(3)8(26)28-9(4)11(16,17)10(6-2,14(20,21)22)29-13(27,12(9,18)19)15(23,24)25/h7,27H,5-6H2,1-4H3. The van der Waals surface area contributed by atoms with Crippen molar-refractivity contribution < 1.29 is 63.3 Å². The van der Waals surface area contributed by atoms with Gasteiger partial charge in [0.15, 0.2) is 0 Å². The number of alkyl halides is 10. The van der Waals surface area contributed by atoms with Crippen LogP contribution in [-0.2, 0) is 14.3 Å². The second-order valence-electron chi connectivity index (χ2n) is 6.83. The number of ether oxygens (including phenoxy) is 2. The highest BCUT2D eigenvalue weighted by molar-refractivity contribution is 5.72. The molecule has 1 N–H and O–H groups in total. The molecule has 0 bridgehead atoms. The molecule has 0 spiro atoms. The van der Waals surface area contributed by atoms with Crippen LogP contribution in [0.2, 0.25) is 0 Å². The first-order valence-electron chi connectivity index (χ1n) is 8.18. The van der Waals surface area contributed by atoms with Crippen LogP contribution in [0, 0.1) is 5.92 Å². The number of carbonyl (C=O) groups is 1. The minimum absolute atomic E-state index is 0.218. The van der Waals surface area contributed by atoms with Gasteiger partial charge in [0.1, 0.15) is 0 Å². The average molecular weight is 452 g/mol. The Morgan fingerprint density at radius 3 is 1.76 bits per heavy atom. The number of hydrogen-bond donors (Lipinski definition) is 1. The van der Waals surface area contributed by atoms with E-state index in [1.54, 1.807) is 0 Å². The Morgan fingerprint density at radius 2 is 1.45 bits per heavy atom. The van der Waals surface area contributed by atoms with Gasteiger partial charge in [0.25, 0.3) is 0 Å². The topological polar surface area (TPSA) is 55.8 Å². The fourth-order valence-electron chi connectivity index (χ4n) is 2.85. The van der Waals surface area contributed by atoms with Crippen molar-refractivity contribution in [1.29, 1.82) is 0 Å². The summed E-state index contributed by atoms with van der Waals surface area (Å²) in [5.41, 5.74) is -10.3. The zero-order valence-electron chi connectivity index (χ0n) is 15.4. The first-order valence-corrected chi connectivity index (χ1v) is 8.18. The van der Waals surface area contributed by atoms with E-state index in [9.17, 15) is 53.8 Å². The second kappa shape index (κ2) is 6.86. The Morgan fingerprint density at radius 1 is 1.00 bits per heavy atom. The third-order valence-corrected chi connectivity index (χ3v) is 5.11. The Labute approximate surface area is 158 Å². The SMILES string of the molecule is CCC(C)C(=O)OC1(C)C(F)(F)C(O)(C(F)(F)F)OC(CC)(C(F)(F)F)C1(F)F. The quantitative estimate of drug-likeness (QED) is 0.501. The van der Waals surface area contributed by atoms with Gasteiger partial charge in [-0.05, 0) is 19.8 Å². The summed E-state index contributed by atoms with van der Waals surface area (Å²) in [6, 6.07) is 0. The molecular weight excluding hydrogens is 434 g/mol. The fourth-order valence-corrected chi connectivity index (χ4v) is 2.85. The molecule has 1 aliphatic rings. The van der Waals surface area contributed by atoms with Crippen molar-refractivity contribution in [3.8, 4) is 0 Å². The normalized spacial score (nSPS) is 35.8. The predicted octanol–water partition coefficient (Wildman–Crippen LogP) is 4.60. The maximum atomic E-state index is 14.9. The molecule has 4 atom stereocenters. The molecule has 0 aromatic heterocycles. The van der Waals surface area contributed by atoms with Crippen LogP contribution in [0.25, 0.3) is 0 Å². The van der Waals surface area contributed by atoms with Crippen LogP contribution in [0.1, 0.15) is 40.5 Å².